The van der Waals surface area contributed by atoms with E-state index in [-0.39, 0.29) is 18.3 Å². The molecule has 1 atom stereocenters. The van der Waals surface area contributed by atoms with E-state index in [1.54, 1.807) is 12.1 Å². The summed E-state index contributed by atoms with van der Waals surface area (Å²) in [7, 11) is 0. The molecule has 1 saturated heterocycles. The number of urea groups is 1. The van der Waals surface area contributed by atoms with Crippen LogP contribution in [-0.4, -0.2) is 46.6 Å². The first kappa shape index (κ1) is 17.0. The van der Waals surface area contributed by atoms with Crippen LogP contribution in [0.5, 0.6) is 0 Å². The Morgan fingerprint density at radius 2 is 2.28 bits per heavy atom. The number of amides is 3. The van der Waals surface area contributed by atoms with Gasteiger partial charge in [-0.15, -0.1) is 0 Å². The van der Waals surface area contributed by atoms with Gasteiger partial charge in [-0.1, -0.05) is 17.3 Å². The second-order valence-corrected chi connectivity index (χ2v) is 5.95. The zero-order chi connectivity index (χ0) is 17.8. The van der Waals surface area contributed by atoms with E-state index < -0.39 is 11.9 Å². The number of hydrogen-bond donors (Lipinski definition) is 2. The molecule has 1 aliphatic rings. The molecule has 1 aromatic carbocycles. The number of hydrogen-bond acceptors (Lipinski definition) is 6. The summed E-state index contributed by atoms with van der Waals surface area (Å²) in [4.78, 5) is 28.6. The second kappa shape index (κ2) is 7.39. The van der Waals surface area contributed by atoms with Crippen molar-refractivity contribution in [1.82, 2.24) is 20.4 Å². The van der Waals surface area contributed by atoms with Crippen LogP contribution in [0.4, 0.5) is 9.18 Å². The third kappa shape index (κ3) is 4.38. The summed E-state index contributed by atoms with van der Waals surface area (Å²) < 4.78 is 18.6. The first-order valence-corrected chi connectivity index (χ1v) is 7.92. The predicted molar refractivity (Wildman–Crippen MR) is 85.8 cm³/mol. The Hall–Kier alpha value is -2.81. The smallest absolute Gasteiger partial charge is 0.318 e. The van der Waals surface area contributed by atoms with Crippen LogP contribution in [0, 0.1) is 5.82 Å². The van der Waals surface area contributed by atoms with Gasteiger partial charge in [0.05, 0.1) is 12.5 Å². The molecule has 3 amide bonds. The Balaban J connectivity index is 1.66. The highest BCUT2D eigenvalue weighted by Crippen LogP contribution is 2.27. The summed E-state index contributed by atoms with van der Waals surface area (Å²) in [5.74, 6) is -0.0467. The summed E-state index contributed by atoms with van der Waals surface area (Å²) in [6, 6.07) is 5.12. The molecule has 1 aliphatic heterocycles. The molecule has 0 spiro atoms. The third-order valence-corrected chi connectivity index (χ3v) is 4.01. The molecule has 1 aromatic heterocycles. The molecule has 0 saturated carbocycles. The normalized spacial score (nSPS) is 18.0. The number of halogens is 1. The summed E-state index contributed by atoms with van der Waals surface area (Å²) >= 11 is 0. The summed E-state index contributed by atoms with van der Waals surface area (Å²) in [6.07, 6.45) is 1.70. The number of aromatic nitrogens is 2. The largest absolute Gasteiger partial charge is 0.351 e. The first-order chi connectivity index (χ1) is 12.0. The van der Waals surface area contributed by atoms with E-state index in [1.807, 2.05) is 10.2 Å². The lowest BCUT2D eigenvalue weighted by Crippen LogP contribution is -2.45. The topological polar surface area (TPSA) is 114 Å². The second-order valence-electron chi connectivity index (χ2n) is 5.95. The number of imide groups is 1. The number of likely N-dealkylation sites (tertiary alicyclic amines) is 1. The van der Waals surface area contributed by atoms with E-state index in [0.717, 1.165) is 19.4 Å². The van der Waals surface area contributed by atoms with E-state index in [4.69, 9.17) is 10.3 Å². The lowest BCUT2D eigenvalue weighted by molar-refractivity contribution is -0.121. The minimum Gasteiger partial charge on any atom is -0.351 e. The number of primary amides is 1. The van der Waals surface area contributed by atoms with Crippen molar-refractivity contribution in [2.24, 2.45) is 5.73 Å². The molecule has 1 fully saturated rings. The molecule has 3 N–H and O–H groups in total. The Labute approximate surface area is 143 Å². The monoisotopic (exact) mass is 347 g/mol. The predicted octanol–water partition coefficient (Wildman–Crippen LogP) is 1.25. The Morgan fingerprint density at radius 1 is 1.44 bits per heavy atom. The van der Waals surface area contributed by atoms with Gasteiger partial charge in [0, 0.05) is 12.1 Å². The molecule has 0 aliphatic carbocycles. The quantitative estimate of drug-likeness (QED) is 0.860. The van der Waals surface area contributed by atoms with Gasteiger partial charge in [-0.3, -0.25) is 15.0 Å². The highest BCUT2D eigenvalue weighted by Gasteiger charge is 2.27. The van der Waals surface area contributed by atoms with Crippen molar-refractivity contribution >= 4 is 11.9 Å². The van der Waals surface area contributed by atoms with E-state index in [9.17, 15) is 14.0 Å². The molecule has 9 heteroatoms. The summed E-state index contributed by atoms with van der Waals surface area (Å²) in [5, 5.41) is 5.96. The zero-order valence-electron chi connectivity index (χ0n) is 13.4. The van der Waals surface area contributed by atoms with Crippen LogP contribution in [0.1, 0.15) is 24.7 Å². The molecular weight excluding hydrogens is 329 g/mol. The van der Waals surface area contributed by atoms with Crippen LogP contribution < -0.4 is 11.1 Å². The van der Waals surface area contributed by atoms with Crippen molar-refractivity contribution in [3.05, 3.63) is 36.0 Å². The number of carbonyl (C=O) groups is 2. The Bertz CT molecular complexity index is 779. The number of rotatable bonds is 4. The molecule has 0 unspecified atom stereocenters. The maximum Gasteiger partial charge on any atom is 0.318 e. The fraction of sp³-hybridized carbons (Fsp3) is 0.375. The van der Waals surface area contributed by atoms with Crippen molar-refractivity contribution in [2.45, 2.75) is 18.8 Å². The lowest BCUT2D eigenvalue weighted by Gasteiger charge is -2.30. The molecule has 132 valence electrons. The minimum atomic E-state index is -0.866. The highest BCUT2D eigenvalue weighted by atomic mass is 19.1. The van der Waals surface area contributed by atoms with Gasteiger partial charge in [0.1, 0.15) is 5.82 Å². The van der Waals surface area contributed by atoms with Crippen LogP contribution >= 0.6 is 0 Å². The highest BCUT2D eigenvalue weighted by molar-refractivity contribution is 5.94. The van der Waals surface area contributed by atoms with Gasteiger partial charge in [0.2, 0.25) is 17.6 Å². The van der Waals surface area contributed by atoms with E-state index in [2.05, 4.69) is 10.1 Å². The number of benzene rings is 1. The van der Waals surface area contributed by atoms with Gasteiger partial charge >= 0.3 is 6.03 Å². The first-order valence-electron chi connectivity index (χ1n) is 7.92. The summed E-state index contributed by atoms with van der Waals surface area (Å²) in [5.41, 5.74) is 5.48. The van der Waals surface area contributed by atoms with Gasteiger partial charge in [0.15, 0.2) is 0 Å². The molecular formula is C16H18FN5O3. The van der Waals surface area contributed by atoms with E-state index >= 15 is 0 Å². The number of nitrogens with two attached hydrogens (primary N) is 1. The van der Waals surface area contributed by atoms with Crippen molar-refractivity contribution in [1.29, 1.82) is 0 Å². The van der Waals surface area contributed by atoms with Crippen molar-refractivity contribution in [2.75, 3.05) is 19.6 Å². The van der Waals surface area contributed by atoms with Gasteiger partial charge in [-0.05, 0) is 31.5 Å². The van der Waals surface area contributed by atoms with Crippen LogP contribution in [0.2, 0.25) is 0 Å². The third-order valence-electron chi connectivity index (χ3n) is 4.01. The zero-order valence-corrected chi connectivity index (χ0v) is 13.4. The molecule has 0 bridgehead atoms. The maximum absolute atomic E-state index is 13.3. The van der Waals surface area contributed by atoms with Gasteiger partial charge in [-0.25, -0.2) is 9.18 Å². The molecule has 0 radical (unpaired) electrons. The average molecular weight is 347 g/mol. The molecule has 8 nitrogen and oxygen atoms in total. The van der Waals surface area contributed by atoms with Gasteiger partial charge < -0.3 is 10.3 Å². The number of piperidine rings is 1. The molecule has 2 aromatic rings. The van der Waals surface area contributed by atoms with Crippen LogP contribution in [0.3, 0.4) is 0 Å². The van der Waals surface area contributed by atoms with Crippen LogP contribution in [0.15, 0.2) is 28.8 Å². The van der Waals surface area contributed by atoms with Crippen molar-refractivity contribution in [3.8, 4) is 11.4 Å². The van der Waals surface area contributed by atoms with E-state index in [1.165, 1.54) is 12.1 Å². The van der Waals surface area contributed by atoms with Crippen molar-refractivity contribution in [3.63, 3.8) is 0 Å². The number of nitrogens with one attached hydrogen (secondary N) is 1. The lowest BCUT2D eigenvalue weighted by atomic mass is 9.98. The minimum absolute atomic E-state index is 0.0232. The SMILES string of the molecule is NC(=O)NC(=O)CN1CCC[C@@H](c2nc(-c3cccc(F)c3)no2)C1. The molecule has 3 rings (SSSR count). The standard InChI is InChI=1S/C16H18FN5O3/c17-12-5-1-3-10(7-12)14-20-15(25-21-14)11-4-2-6-22(8-11)9-13(23)19-16(18)24/h1,3,5,7,11H,2,4,6,8-9H2,(H3,18,19,23,24)/t11-/m1/s1. The van der Waals surface area contributed by atoms with E-state index in [0.29, 0.717) is 23.8 Å². The Kier molecular flexibility index (Phi) is 5.03. The number of carbonyl (C=O) groups excluding carboxylic acids is 2. The molecule has 25 heavy (non-hydrogen) atoms. The Morgan fingerprint density at radius 3 is 3.04 bits per heavy atom. The fourth-order valence-corrected chi connectivity index (χ4v) is 2.93. The van der Waals surface area contributed by atoms with Crippen LogP contribution in [-0.2, 0) is 4.79 Å². The van der Waals surface area contributed by atoms with Gasteiger partial charge in [0.25, 0.3) is 0 Å². The van der Waals surface area contributed by atoms with Crippen LogP contribution in [0.25, 0.3) is 11.4 Å². The summed E-state index contributed by atoms with van der Waals surface area (Å²) in [6.45, 7) is 1.36. The fourth-order valence-electron chi connectivity index (χ4n) is 2.93. The molecule has 2 heterocycles. The number of nitrogens with zero attached hydrogens (tertiary/aromatic N) is 3. The average Bonchev–Trinajstić information content (AvgIpc) is 3.04. The van der Waals surface area contributed by atoms with Gasteiger partial charge in [-0.2, -0.15) is 4.98 Å². The van der Waals surface area contributed by atoms with Crippen molar-refractivity contribution < 1.29 is 18.5 Å². The maximum atomic E-state index is 13.3.